The average Bonchev–Trinajstić information content (AvgIpc) is 3.33. The third kappa shape index (κ3) is 9.33. The van der Waals surface area contributed by atoms with E-state index in [1.165, 1.54) is 138 Å². The first-order valence-electron chi connectivity index (χ1n) is 18.7. The van der Waals surface area contributed by atoms with Gasteiger partial charge in [0.2, 0.25) is 5.78 Å². The molecule has 6 aromatic rings. The van der Waals surface area contributed by atoms with E-state index < -0.39 is 28.8 Å². The third-order valence-corrected chi connectivity index (χ3v) is 11.4. The Kier molecular flexibility index (Phi) is 13.8. The lowest BCUT2D eigenvalue weighted by Gasteiger charge is -2.25. The van der Waals surface area contributed by atoms with Crippen LogP contribution in [-0.2, 0) is 0 Å². The zero-order valence-electron chi connectivity index (χ0n) is 34.1. The van der Waals surface area contributed by atoms with E-state index in [0.29, 0.717) is 47.4 Å². The summed E-state index contributed by atoms with van der Waals surface area (Å²) in [5, 5.41) is 0. The molecule has 0 heterocycles. The topological polar surface area (TPSA) is 195 Å². The molecule has 0 N–H and O–H groups in total. The molecule has 0 unspecified atom stereocenters. The highest BCUT2D eigenvalue weighted by atomic mass is 31.2. The first-order valence-corrected chi connectivity index (χ1v) is 20.9. The molecule has 16 nitrogen and oxygen atoms in total. The Morgan fingerprint density at radius 1 is 0.344 bits per heavy atom. The predicted molar refractivity (Wildman–Crippen MR) is 231 cm³/mol. The molecule has 18 heteroatoms. The van der Waals surface area contributed by atoms with Crippen molar-refractivity contribution in [1.82, 2.24) is 0 Å². The molecule has 324 valence electrons. The summed E-state index contributed by atoms with van der Waals surface area (Å²) in [5.41, 5.74) is 0.854. The Morgan fingerprint density at radius 3 is 0.891 bits per heavy atom. The van der Waals surface area contributed by atoms with Crippen molar-refractivity contribution in [3.05, 3.63) is 154 Å². The average molecular weight is 905 g/mol. The van der Waals surface area contributed by atoms with Crippen molar-refractivity contribution in [1.29, 1.82) is 0 Å². The smallest absolute Gasteiger partial charge is 0.493 e. The van der Waals surface area contributed by atoms with E-state index in [9.17, 15) is 28.8 Å². The minimum Gasteiger partial charge on any atom is -0.493 e. The summed E-state index contributed by atoms with van der Waals surface area (Å²) in [6.45, 7) is 0. The van der Waals surface area contributed by atoms with E-state index in [4.69, 9.17) is 46.1 Å². The molecule has 0 aliphatic heterocycles. The molecule has 0 saturated carbocycles. The second kappa shape index (κ2) is 19.9. The largest absolute Gasteiger partial charge is 0.530 e. The van der Waals surface area contributed by atoms with Crippen LogP contribution in [0.3, 0.4) is 0 Å². The minimum absolute atomic E-state index is 0.00212. The molecule has 0 spiro atoms. The molecule has 0 radical (unpaired) electrons. The SMILES string of the molecule is COc1cc(C=O)ccc1OP(Oc1ccc(C=O)cc1OC)Oc1cccc2c1C(=O)c1c(OP(Oc3ccc(C=O)cc3OC)Oc3ccc(C=O)cc3OC)cccc1C2=O. The van der Waals surface area contributed by atoms with Crippen molar-refractivity contribution < 1.29 is 74.9 Å². The van der Waals surface area contributed by atoms with Crippen molar-refractivity contribution in [3.63, 3.8) is 0 Å². The molecule has 1 aliphatic carbocycles. The minimum atomic E-state index is -2.61. The van der Waals surface area contributed by atoms with E-state index in [1.807, 2.05) is 0 Å². The van der Waals surface area contributed by atoms with Gasteiger partial charge in [-0.2, -0.15) is 0 Å². The number of ether oxygens (including phenoxy) is 4. The van der Waals surface area contributed by atoms with Crippen LogP contribution in [0.15, 0.2) is 109 Å². The van der Waals surface area contributed by atoms with Gasteiger partial charge in [-0.15, -0.1) is 0 Å². The number of rotatable bonds is 20. The number of aldehydes is 4. The van der Waals surface area contributed by atoms with Crippen LogP contribution in [0.2, 0.25) is 0 Å². The molecular weight excluding hydrogens is 870 g/mol. The van der Waals surface area contributed by atoms with E-state index in [-0.39, 0.29) is 79.7 Å². The van der Waals surface area contributed by atoms with Crippen LogP contribution >= 0.6 is 17.2 Å². The number of fused-ring (bicyclic) bond motifs is 2. The first kappa shape index (κ1) is 44.3. The van der Waals surface area contributed by atoms with Gasteiger partial charge in [0.05, 0.1) is 39.6 Å². The van der Waals surface area contributed by atoms with Gasteiger partial charge < -0.3 is 46.1 Å². The van der Waals surface area contributed by atoms with Gasteiger partial charge in [-0.3, -0.25) is 28.8 Å². The number of hydrogen-bond acceptors (Lipinski definition) is 16. The van der Waals surface area contributed by atoms with Crippen LogP contribution in [-0.4, -0.2) is 65.2 Å². The normalized spacial score (nSPS) is 11.4. The zero-order chi connectivity index (χ0) is 45.3. The highest BCUT2D eigenvalue weighted by Crippen LogP contribution is 2.52. The molecule has 6 aromatic carbocycles. The van der Waals surface area contributed by atoms with Crippen LogP contribution in [0.25, 0.3) is 0 Å². The summed E-state index contributed by atoms with van der Waals surface area (Å²) in [4.78, 5) is 75.4. The Morgan fingerprint density at radius 2 is 0.625 bits per heavy atom. The number of benzene rings is 6. The predicted octanol–water partition coefficient (Wildman–Crippen LogP) is 9.27. The lowest BCUT2D eigenvalue weighted by Crippen LogP contribution is -2.23. The van der Waals surface area contributed by atoms with Gasteiger partial charge >= 0.3 is 17.2 Å². The quantitative estimate of drug-likeness (QED) is 0.0518. The maximum atomic E-state index is 14.9. The molecule has 0 amide bonds. The van der Waals surface area contributed by atoms with E-state index in [2.05, 4.69) is 0 Å². The van der Waals surface area contributed by atoms with Gasteiger partial charge in [0, 0.05) is 33.4 Å². The maximum Gasteiger partial charge on any atom is 0.530 e. The second-order valence-corrected chi connectivity index (χ2v) is 15.1. The molecule has 64 heavy (non-hydrogen) atoms. The van der Waals surface area contributed by atoms with Gasteiger partial charge in [0.1, 0.15) is 36.6 Å². The number of carbonyl (C=O) groups is 6. The molecule has 0 fully saturated rings. The van der Waals surface area contributed by atoms with Gasteiger partial charge in [0.15, 0.2) is 51.8 Å². The first-order chi connectivity index (χ1) is 31.1. The van der Waals surface area contributed by atoms with Gasteiger partial charge in [-0.1, -0.05) is 24.3 Å². The summed E-state index contributed by atoms with van der Waals surface area (Å²) < 4.78 is 59.5. The number of ketones is 2. The Labute approximate surface area is 367 Å². The van der Waals surface area contributed by atoms with E-state index in [0.717, 1.165) is 0 Å². The van der Waals surface area contributed by atoms with Crippen LogP contribution in [0.4, 0.5) is 0 Å². The van der Waals surface area contributed by atoms with Gasteiger partial charge in [-0.05, 0) is 84.9 Å². The molecule has 0 atom stereocenters. The Balaban J connectivity index is 1.29. The third-order valence-electron chi connectivity index (χ3n) is 9.33. The van der Waals surface area contributed by atoms with Crippen LogP contribution < -0.4 is 46.1 Å². The molecule has 1 aliphatic rings. The van der Waals surface area contributed by atoms with E-state index >= 15 is 0 Å². The van der Waals surface area contributed by atoms with Gasteiger partial charge in [-0.25, -0.2) is 0 Å². The number of carbonyl (C=O) groups excluding carboxylic acids is 6. The lowest BCUT2D eigenvalue weighted by molar-refractivity contribution is 0.0975. The van der Waals surface area contributed by atoms with Crippen molar-refractivity contribution in [2.45, 2.75) is 0 Å². The second-order valence-electron chi connectivity index (χ2n) is 13.1. The summed E-state index contributed by atoms with van der Waals surface area (Å²) in [7, 11) is 0.278. The van der Waals surface area contributed by atoms with Crippen LogP contribution in [0.1, 0.15) is 73.3 Å². The van der Waals surface area contributed by atoms with E-state index in [1.54, 1.807) is 0 Å². The van der Waals surface area contributed by atoms with Crippen molar-refractivity contribution in [2.24, 2.45) is 0 Å². The monoisotopic (exact) mass is 904 g/mol. The van der Waals surface area contributed by atoms with Gasteiger partial charge in [0.25, 0.3) is 0 Å². The standard InChI is InChI=1S/C46H34O16P2/c1-53-39-19-27(23-47)11-15-33(39)57-63(58-34-16-12-28(24-48)20-40(34)54-2)61-37-9-5-7-31-43(37)46(52)44-32(45(31)51)8-6-10-38(44)62-64(59-35-17-13-29(25-49)21-41(35)55-3)60-36-18-14-30(26-50)22-42(36)56-4/h5-26H,1-4H3. The fourth-order valence-corrected chi connectivity index (χ4v) is 8.35. The van der Waals surface area contributed by atoms with Crippen molar-refractivity contribution in [3.8, 4) is 57.5 Å². The highest BCUT2D eigenvalue weighted by Gasteiger charge is 2.38. The molecule has 0 saturated heterocycles. The Bertz CT molecular complexity index is 2480. The highest BCUT2D eigenvalue weighted by molar-refractivity contribution is 7.43. The van der Waals surface area contributed by atoms with Crippen LogP contribution in [0.5, 0.6) is 57.5 Å². The summed E-state index contributed by atoms with van der Waals surface area (Å²) in [6.07, 6.45) is 2.51. The molecule has 0 aromatic heterocycles. The van der Waals surface area contributed by atoms with Crippen LogP contribution in [0, 0.1) is 0 Å². The zero-order valence-corrected chi connectivity index (χ0v) is 35.9. The summed E-state index contributed by atoms with van der Waals surface area (Å²) in [6, 6.07) is 26.4. The summed E-state index contributed by atoms with van der Waals surface area (Å²) >= 11 is 0. The lowest BCUT2D eigenvalue weighted by atomic mass is 9.83. The molecular formula is C46H34O16P2. The maximum absolute atomic E-state index is 14.9. The number of methoxy groups -OCH3 is 4. The fourth-order valence-electron chi connectivity index (χ4n) is 6.26. The Hall–Kier alpha value is -7.80. The molecule has 7 rings (SSSR count). The van der Waals surface area contributed by atoms with Crippen molar-refractivity contribution in [2.75, 3.05) is 28.4 Å². The van der Waals surface area contributed by atoms with Crippen molar-refractivity contribution >= 4 is 53.9 Å². The fraction of sp³-hybridized carbons (Fsp3) is 0.0870. The number of hydrogen-bond donors (Lipinski definition) is 0. The molecule has 0 bridgehead atoms. The summed E-state index contributed by atoms with van der Waals surface area (Å²) in [5.74, 6) is -0.486.